The molecule has 0 unspecified atom stereocenters. The number of nitrogens with zero attached hydrogens (tertiary/aromatic N) is 1. The summed E-state index contributed by atoms with van der Waals surface area (Å²) in [7, 11) is 0. The van der Waals surface area contributed by atoms with E-state index in [0.29, 0.717) is 12.2 Å². The lowest BCUT2D eigenvalue weighted by atomic mass is 9.99. The van der Waals surface area contributed by atoms with Crippen molar-refractivity contribution >= 4 is 11.5 Å². The molecular formula is C21H23NO3. The number of rotatable bonds is 6. The van der Waals surface area contributed by atoms with Crippen LogP contribution in [0.25, 0.3) is 5.57 Å². The Hall–Kier alpha value is -2.59. The average Bonchev–Trinajstić information content (AvgIpc) is 2.64. The quantitative estimate of drug-likeness (QED) is 0.863. The molecule has 25 heavy (non-hydrogen) atoms. The van der Waals surface area contributed by atoms with Crippen molar-refractivity contribution in [1.82, 2.24) is 4.90 Å². The molecule has 1 aliphatic heterocycles. The molecule has 0 saturated heterocycles. The van der Waals surface area contributed by atoms with E-state index in [4.69, 9.17) is 9.84 Å². The van der Waals surface area contributed by atoms with Crippen molar-refractivity contribution < 1.29 is 14.6 Å². The van der Waals surface area contributed by atoms with Crippen molar-refractivity contribution in [2.45, 2.75) is 19.9 Å². The van der Waals surface area contributed by atoms with E-state index in [0.717, 1.165) is 37.4 Å². The van der Waals surface area contributed by atoms with Crippen LogP contribution in [0.2, 0.25) is 0 Å². The van der Waals surface area contributed by atoms with Crippen molar-refractivity contribution in [2.75, 3.05) is 19.7 Å². The van der Waals surface area contributed by atoms with E-state index >= 15 is 0 Å². The molecule has 0 fully saturated rings. The smallest absolute Gasteiger partial charge is 0.335 e. The van der Waals surface area contributed by atoms with Crippen molar-refractivity contribution in [1.29, 1.82) is 0 Å². The Morgan fingerprint density at radius 2 is 1.84 bits per heavy atom. The zero-order valence-electron chi connectivity index (χ0n) is 14.4. The van der Waals surface area contributed by atoms with Crippen molar-refractivity contribution in [3.05, 3.63) is 71.3 Å². The Kier molecular flexibility index (Phi) is 5.51. The van der Waals surface area contributed by atoms with Crippen LogP contribution in [0.4, 0.5) is 0 Å². The summed E-state index contributed by atoms with van der Waals surface area (Å²) in [5, 5.41) is 8.96. The van der Waals surface area contributed by atoms with Gasteiger partial charge in [0.15, 0.2) is 0 Å². The predicted molar refractivity (Wildman–Crippen MR) is 98.9 cm³/mol. The van der Waals surface area contributed by atoms with Gasteiger partial charge >= 0.3 is 5.97 Å². The molecule has 0 amide bonds. The number of hydrogen-bond donors (Lipinski definition) is 1. The van der Waals surface area contributed by atoms with Gasteiger partial charge < -0.3 is 9.84 Å². The van der Waals surface area contributed by atoms with Crippen LogP contribution < -0.4 is 4.74 Å². The Labute approximate surface area is 148 Å². The lowest BCUT2D eigenvalue weighted by Crippen LogP contribution is -2.28. The first-order valence-electron chi connectivity index (χ1n) is 8.62. The fraction of sp³-hybridized carbons (Fsp3) is 0.286. The standard InChI is InChI=1S/C21H23NO3/c1-2-25-20-9-7-17(8-10-20)18-11-13-22(14-12-18)15-16-3-5-19(6-4-16)21(23)24/h3-11H,2,12-15H2,1H3,(H,23,24). The number of benzene rings is 2. The molecule has 1 aliphatic rings. The van der Waals surface area contributed by atoms with E-state index in [1.54, 1.807) is 12.1 Å². The van der Waals surface area contributed by atoms with E-state index in [9.17, 15) is 4.79 Å². The third kappa shape index (κ3) is 4.48. The van der Waals surface area contributed by atoms with E-state index in [-0.39, 0.29) is 0 Å². The topological polar surface area (TPSA) is 49.8 Å². The number of ether oxygens (including phenoxy) is 1. The summed E-state index contributed by atoms with van der Waals surface area (Å²) >= 11 is 0. The zero-order chi connectivity index (χ0) is 17.6. The van der Waals surface area contributed by atoms with Crippen LogP contribution in [0.15, 0.2) is 54.6 Å². The first-order valence-corrected chi connectivity index (χ1v) is 8.62. The molecular weight excluding hydrogens is 314 g/mol. The summed E-state index contributed by atoms with van der Waals surface area (Å²) in [5.74, 6) is 0.0292. The fourth-order valence-electron chi connectivity index (χ4n) is 3.06. The van der Waals surface area contributed by atoms with Gasteiger partial charge in [-0.05, 0) is 54.3 Å². The molecule has 1 heterocycles. The maximum atomic E-state index is 10.9. The summed E-state index contributed by atoms with van der Waals surface area (Å²) in [5.41, 5.74) is 4.11. The predicted octanol–water partition coefficient (Wildman–Crippen LogP) is 4.07. The lowest BCUT2D eigenvalue weighted by molar-refractivity contribution is 0.0697. The van der Waals surface area contributed by atoms with E-state index < -0.39 is 5.97 Å². The second-order valence-corrected chi connectivity index (χ2v) is 6.17. The first-order chi connectivity index (χ1) is 12.2. The van der Waals surface area contributed by atoms with Gasteiger partial charge in [0, 0.05) is 19.6 Å². The molecule has 0 aromatic heterocycles. The molecule has 0 aliphatic carbocycles. The Bertz CT molecular complexity index is 748. The summed E-state index contributed by atoms with van der Waals surface area (Å²) in [6.45, 7) is 5.42. The van der Waals surface area contributed by atoms with Crippen molar-refractivity contribution in [3.8, 4) is 5.75 Å². The van der Waals surface area contributed by atoms with Crippen LogP contribution in [0.1, 0.15) is 34.8 Å². The maximum absolute atomic E-state index is 10.9. The second-order valence-electron chi connectivity index (χ2n) is 6.17. The van der Waals surface area contributed by atoms with E-state index in [2.05, 4.69) is 23.1 Å². The molecule has 130 valence electrons. The van der Waals surface area contributed by atoms with Crippen molar-refractivity contribution in [2.24, 2.45) is 0 Å². The van der Waals surface area contributed by atoms with Crippen LogP contribution >= 0.6 is 0 Å². The van der Waals surface area contributed by atoms with Crippen LogP contribution in [0, 0.1) is 0 Å². The number of hydrogen-bond acceptors (Lipinski definition) is 3. The number of carbonyl (C=O) groups is 1. The third-order valence-corrected chi connectivity index (χ3v) is 4.44. The summed E-state index contributed by atoms with van der Waals surface area (Å²) in [6, 6.07) is 15.4. The van der Waals surface area contributed by atoms with Crippen LogP contribution in [-0.2, 0) is 6.54 Å². The Morgan fingerprint density at radius 3 is 2.40 bits per heavy atom. The highest BCUT2D eigenvalue weighted by atomic mass is 16.5. The lowest BCUT2D eigenvalue weighted by Gasteiger charge is -2.26. The first kappa shape index (κ1) is 17.2. The minimum absolute atomic E-state index is 0.333. The van der Waals surface area contributed by atoms with Crippen molar-refractivity contribution in [3.63, 3.8) is 0 Å². The molecule has 1 N–H and O–H groups in total. The Balaban J connectivity index is 1.59. The Morgan fingerprint density at radius 1 is 1.12 bits per heavy atom. The molecule has 2 aromatic rings. The SMILES string of the molecule is CCOc1ccc(C2=CCN(Cc3ccc(C(=O)O)cc3)CC2)cc1. The van der Waals surface area contributed by atoms with E-state index in [1.165, 1.54) is 11.1 Å². The maximum Gasteiger partial charge on any atom is 0.335 e. The third-order valence-electron chi connectivity index (χ3n) is 4.44. The zero-order valence-corrected chi connectivity index (χ0v) is 14.4. The van der Waals surface area contributed by atoms with Gasteiger partial charge in [-0.1, -0.05) is 30.3 Å². The summed E-state index contributed by atoms with van der Waals surface area (Å²) < 4.78 is 5.49. The number of carboxylic acid groups (broad SMARTS) is 1. The monoisotopic (exact) mass is 337 g/mol. The second kappa shape index (κ2) is 7.99. The number of aromatic carboxylic acids is 1. The van der Waals surface area contributed by atoms with Gasteiger partial charge in [-0.15, -0.1) is 0 Å². The molecule has 0 saturated carbocycles. The fourth-order valence-corrected chi connectivity index (χ4v) is 3.06. The van der Waals surface area contributed by atoms with Gasteiger partial charge in [-0.2, -0.15) is 0 Å². The van der Waals surface area contributed by atoms with Gasteiger partial charge in [0.1, 0.15) is 5.75 Å². The largest absolute Gasteiger partial charge is 0.494 e. The van der Waals surface area contributed by atoms with Crippen LogP contribution in [0.5, 0.6) is 5.75 Å². The van der Waals surface area contributed by atoms with Gasteiger partial charge in [-0.3, -0.25) is 4.90 Å². The molecule has 0 atom stereocenters. The molecule has 4 heteroatoms. The number of carboxylic acids is 1. The molecule has 0 radical (unpaired) electrons. The van der Waals surface area contributed by atoms with E-state index in [1.807, 2.05) is 31.2 Å². The van der Waals surface area contributed by atoms with Gasteiger partial charge in [-0.25, -0.2) is 4.79 Å². The molecule has 4 nitrogen and oxygen atoms in total. The highest BCUT2D eigenvalue weighted by Crippen LogP contribution is 2.25. The van der Waals surface area contributed by atoms with Gasteiger partial charge in [0.25, 0.3) is 0 Å². The van der Waals surface area contributed by atoms with Crippen LogP contribution in [0.3, 0.4) is 0 Å². The highest BCUT2D eigenvalue weighted by Gasteiger charge is 2.13. The average molecular weight is 337 g/mol. The summed E-state index contributed by atoms with van der Waals surface area (Å²) in [4.78, 5) is 13.3. The van der Waals surface area contributed by atoms with Crippen LogP contribution in [-0.4, -0.2) is 35.7 Å². The molecule has 0 spiro atoms. The normalized spacial score (nSPS) is 14.8. The molecule has 0 bridgehead atoms. The molecule has 2 aromatic carbocycles. The van der Waals surface area contributed by atoms with Gasteiger partial charge in [0.05, 0.1) is 12.2 Å². The summed E-state index contributed by atoms with van der Waals surface area (Å²) in [6.07, 6.45) is 3.30. The minimum atomic E-state index is -0.882. The molecule has 3 rings (SSSR count). The highest BCUT2D eigenvalue weighted by molar-refractivity contribution is 5.87. The van der Waals surface area contributed by atoms with Gasteiger partial charge in [0.2, 0.25) is 0 Å². The minimum Gasteiger partial charge on any atom is -0.494 e.